The number of carbonyl (C=O) groups is 2. The van der Waals surface area contributed by atoms with Gasteiger partial charge in [-0.3, -0.25) is 14.3 Å². The molecule has 1 aromatic heterocycles. The molecule has 1 atom stereocenters. The Bertz CT molecular complexity index is 400. The van der Waals surface area contributed by atoms with Crippen LogP contribution in [0.15, 0.2) is 12.4 Å². The van der Waals surface area contributed by atoms with Crippen molar-refractivity contribution in [1.29, 1.82) is 0 Å². The van der Waals surface area contributed by atoms with Crippen molar-refractivity contribution < 1.29 is 14.7 Å². The van der Waals surface area contributed by atoms with Gasteiger partial charge in [0.25, 0.3) is 5.91 Å². The van der Waals surface area contributed by atoms with Gasteiger partial charge in [0.2, 0.25) is 0 Å². The molecule has 0 aromatic carbocycles. The van der Waals surface area contributed by atoms with Crippen LogP contribution in [0, 0.1) is 5.92 Å². The first-order valence-electron chi connectivity index (χ1n) is 4.88. The Hall–Kier alpha value is -1.85. The highest BCUT2D eigenvalue weighted by Crippen LogP contribution is 2.05. The highest BCUT2D eigenvalue weighted by molar-refractivity contribution is 5.93. The molecule has 1 amide bonds. The van der Waals surface area contributed by atoms with Gasteiger partial charge in [-0.15, -0.1) is 0 Å². The van der Waals surface area contributed by atoms with Gasteiger partial charge in [0.05, 0.1) is 17.7 Å². The smallest absolute Gasteiger partial charge is 0.308 e. The third-order valence-corrected chi connectivity index (χ3v) is 2.27. The van der Waals surface area contributed by atoms with Crippen LogP contribution in [0.4, 0.5) is 0 Å². The van der Waals surface area contributed by atoms with Crippen LogP contribution >= 0.6 is 0 Å². The first kappa shape index (κ1) is 12.2. The zero-order valence-electron chi connectivity index (χ0n) is 9.54. The second kappa shape index (κ2) is 4.78. The highest BCUT2D eigenvalue weighted by atomic mass is 16.4. The number of carboxylic acid groups (broad SMARTS) is 1. The van der Waals surface area contributed by atoms with E-state index >= 15 is 0 Å². The Morgan fingerprint density at radius 2 is 2.25 bits per heavy atom. The summed E-state index contributed by atoms with van der Waals surface area (Å²) in [7, 11) is 3.30. The van der Waals surface area contributed by atoms with Gasteiger partial charge >= 0.3 is 5.97 Å². The van der Waals surface area contributed by atoms with Gasteiger partial charge < -0.3 is 10.0 Å². The fourth-order valence-corrected chi connectivity index (χ4v) is 1.32. The number of nitrogens with zero attached hydrogens (tertiary/aromatic N) is 3. The number of aryl methyl sites for hydroxylation is 1. The third-order valence-electron chi connectivity index (χ3n) is 2.27. The lowest BCUT2D eigenvalue weighted by Gasteiger charge is -2.18. The summed E-state index contributed by atoms with van der Waals surface area (Å²) in [6.07, 6.45) is 3.06. The van der Waals surface area contributed by atoms with Gasteiger partial charge in [-0.25, -0.2) is 0 Å². The fourth-order valence-electron chi connectivity index (χ4n) is 1.32. The number of aromatic nitrogens is 2. The summed E-state index contributed by atoms with van der Waals surface area (Å²) in [6, 6.07) is 0. The lowest BCUT2D eigenvalue weighted by atomic mass is 10.1. The highest BCUT2D eigenvalue weighted by Gasteiger charge is 2.19. The minimum Gasteiger partial charge on any atom is -0.481 e. The molecule has 6 heteroatoms. The van der Waals surface area contributed by atoms with E-state index < -0.39 is 11.9 Å². The van der Waals surface area contributed by atoms with E-state index in [0.29, 0.717) is 5.56 Å². The topological polar surface area (TPSA) is 75.4 Å². The number of rotatable bonds is 4. The summed E-state index contributed by atoms with van der Waals surface area (Å²) in [5.74, 6) is -1.71. The van der Waals surface area contributed by atoms with Crippen LogP contribution in [0.25, 0.3) is 0 Å². The SMILES string of the molecule is CC(CN(C)C(=O)c1cnn(C)c1)C(=O)O. The molecule has 0 aliphatic heterocycles. The molecule has 1 rings (SSSR count). The second-order valence-corrected chi connectivity index (χ2v) is 3.83. The summed E-state index contributed by atoms with van der Waals surface area (Å²) in [5.41, 5.74) is 0.461. The van der Waals surface area contributed by atoms with Gasteiger partial charge in [-0.05, 0) is 0 Å². The Labute approximate surface area is 93.5 Å². The maximum atomic E-state index is 11.8. The lowest BCUT2D eigenvalue weighted by molar-refractivity contribution is -0.141. The van der Waals surface area contributed by atoms with E-state index in [4.69, 9.17) is 5.11 Å². The monoisotopic (exact) mass is 225 g/mol. The second-order valence-electron chi connectivity index (χ2n) is 3.83. The average molecular weight is 225 g/mol. The van der Waals surface area contributed by atoms with E-state index in [9.17, 15) is 9.59 Å². The lowest BCUT2D eigenvalue weighted by Crippen LogP contribution is -2.33. The van der Waals surface area contributed by atoms with Crippen molar-refractivity contribution in [2.24, 2.45) is 13.0 Å². The molecule has 0 saturated carbocycles. The first-order valence-corrected chi connectivity index (χ1v) is 4.88. The van der Waals surface area contributed by atoms with Crippen molar-refractivity contribution in [2.45, 2.75) is 6.92 Å². The summed E-state index contributed by atoms with van der Waals surface area (Å²) < 4.78 is 1.53. The Morgan fingerprint density at radius 3 is 2.69 bits per heavy atom. The molecule has 0 aliphatic carbocycles. The van der Waals surface area contributed by atoms with Gasteiger partial charge in [-0.2, -0.15) is 5.10 Å². The predicted molar refractivity (Wildman–Crippen MR) is 57.0 cm³/mol. The molecular formula is C10H15N3O3. The molecule has 1 unspecified atom stereocenters. The number of hydrogen-bond donors (Lipinski definition) is 1. The van der Waals surface area contributed by atoms with Crippen LogP contribution in [0.3, 0.4) is 0 Å². The van der Waals surface area contributed by atoms with Crippen molar-refractivity contribution in [3.63, 3.8) is 0 Å². The van der Waals surface area contributed by atoms with Crippen LogP contribution in [-0.2, 0) is 11.8 Å². The van der Waals surface area contributed by atoms with Crippen LogP contribution in [-0.4, -0.2) is 45.3 Å². The Kier molecular flexibility index (Phi) is 3.65. The normalized spacial score (nSPS) is 12.2. The number of hydrogen-bond acceptors (Lipinski definition) is 3. The molecule has 1 heterocycles. The summed E-state index contributed by atoms with van der Waals surface area (Å²) in [4.78, 5) is 23.8. The molecule has 6 nitrogen and oxygen atoms in total. The molecule has 0 aliphatic rings. The van der Waals surface area contributed by atoms with E-state index in [2.05, 4.69) is 5.10 Å². The molecule has 16 heavy (non-hydrogen) atoms. The maximum absolute atomic E-state index is 11.8. The Morgan fingerprint density at radius 1 is 1.62 bits per heavy atom. The number of carbonyl (C=O) groups excluding carboxylic acids is 1. The molecule has 88 valence electrons. The van der Waals surface area contributed by atoms with Crippen molar-refractivity contribution >= 4 is 11.9 Å². The third kappa shape index (κ3) is 2.82. The largest absolute Gasteiger partial charge is 0.481 e. The number of amides is 1. The zero-order chi connectivity index (χ0) is 12.3. The minimum atomic E-state index is -0.911. The van der Waals surface area contributed by atoms with E-state index in [-0.39, 0.29) is 12.5 Å². The van der Waals surface area contributed by atoms with Crippen LogP contribution in [0.1, 0.15) is 17.3 Å². The molecule has 0 radical (unpaired) electrons. The molecular weight excluding hydrogens is 210 g/mol. The Balaban J connectivity index is 2.64. The fraction of sp³-hybridized carbons (Fsp3) is 0.500. The molecule has 0 fully saturated rings. The molecule has 1 N–H and O–H groups in total. The molecule has 1 aromatic rings. The van der Waals surface area contributed by atoms with E-state index in [1.54, 1.807) is 27.2 Å². The van der Waals surface area contributed by atoms with E-state index in [1.165, 1.54) is 15.8 Å². The molecule has 0 saturated heterocycles. The van der Waals surface area contributed by atoms with Gasteiger partial charge in [0, 0.05) is 26.8 Å². The quantitative estimate of drug-likeness (QED) is 0.795. The predicted octanol–water partition coefficient (Wildman–Crippen LogP) is 0.213. The van der Waals surface area contributed by atoms with Crippen molar-refractivity contribution in [1.82, 2.24) is 14.7 Å². The number of aliphatic carboxylic acids is 1. The van der Waals surface area contributed by atoms with Gasteiger partial charge in [0.15, 0.2) is 0 Å². The maximum Gasteiger partial charge on any atom is 0.308 e. The number of carboxylic acids is 1. The van der Waals surface area contributed by atoms with Gasteiger partial charge in [-0.1, -0.05) is 6.92 Å². The molecule has 0 spiro atoms. The summed E-state index contributed by atoms with van der Waals surface area (Å²) >= 11 is 0. The van der Waals surface area contributed by atoms with Crippen molar-refractivity contribution in [3.8, 4) is 0 Å². The zero-order valence-corrected chi connectivity index (χ0v) is 9.54. The van der Waals surface area contributed by atoms with Crippen LogP contribution < -0.4 is 0 Å². The average Bonchev–Trinajstić information content (AvgIpc) is 2.63. The van der Waals surface area contributed by atoms with Crippen molar-refractivity contribution in [3.05, 3.63) is 18.0 Å². The van der Waals surface area contributed by atoms with Crippen molar-refractivity contribution in [2.75, 3.05) is 13.6 Å². The first-order chi connectivity index (χ1) is 7.41. The standard InChI is InChI=1S/C10H15N3O3/c1-7(10(15)16)5-12(2)9(14)8-4-11-13(3)6-8/h4,6-7H,5H2,1-3H3,(H,15,16). The summed E-state index contributed by atoms with van der Waals surface area (Å²) in [6.45, 7) is 1.75. The van der Waals surface area contributed by atoms with Crippen LogP contribution in [0.2, 0.25) is 0 Å². The molecule has 0 bridgehead atoms. The van der Waals surface area contributed by atoms with Crippen LogP contribution in [0.5, 0.6) is 0 Å². The van der Waals surface area contributed by atoms with Gasteiger partial charge in [0.1, 0.15) is 0 Å². The minimum absolute atomic E-state index is 0.184. The summed E-state index contributed by atoms with van der Waals surface area (Å²) in [5, 5.41) is 12.6. The van der Waals surface area contributed by atoms with E-state index in [1.807, 2.05) is 0 Å². The van der Waals surface area contributed by atoms with E-state index in [0.717, 1.165) is 0 Å².